The van der Waals surface area contributed by atoms with Crippen molar-refractivity contribution in [2.24, 2.45) is 10.2 Å². The van der Waals surface area contributed by atoms with Crippen LogP contribution in [-0.2, 0) is 12.8 Å². The van der Waals surface area contributed by atoms with Crippen LogP contribution < -0.4 is 0 Å². The van der Waals surface area contributed by atoms with E-state index in [4.69, 9.17) is 0 Å². The zero-order valence-electron chi connectivity index (χ0n) is 18.0. The van der Waals surface area contributed by atoms with E-state index in [0.29, 0.717) is 0 Å². The smallest absolute Gasteiger partial charge is 0.0857 e. The topological polar surface area (TPSA) is 24.7 Å². The Labute approximate surface area is 172 Å². The minimum absolute atomic E-state index is 0.926. The fourth-order valence-electron chi connectivity index (χ4n) is 3.44. The van der Waals surface area contributed by atoms with Crippen molar-refractivity contribution < 1.29 is 0 Å². The molecule has 2 aromatic rings. The van der Waals surface area contributed by atoms with Gasteiger partial charge < -0.3 is 0 Å². The van der Waals surface area contributed by atoms with Crippen LogP contribution in [0.3, 0.4) is 0 Å². The summed E-state index contributed by atoms with van der Waals surface area (Å²) >= 11 is 0. The van der Waals surface area contributed by atoms with Crippen molar-refractivity contribution in [3.63, 3.8) is 0 Å². The molecule has 0 fully saturated rings. The van der Waals surface area contributed by atoms with E-state index >= 15 is 0 Å². The van der Waals surface area contributed by atoms with Gasteiger partial charge in [0, 0.05) is 0 Å². The molecule has 0 aliphatic heterocycles. The highest BCUT2D eigenvalue weighted by molar-refractivity contribution is 5.42. The van der Waals surface area contributed by atoms with Gasteiger partial charge in [-0.15, -0.1) is 0 Å². The number of hydrogen-bond acceptors (Lipinski definition) is 2. The van der Waals surface area contributed by atoms with Gasteiger partial charge in [-0.2, -0.15) is 10.2 Å². The second-order valence-corrected chi connectivity index (χ2v) is 7.86. The summed E-state index contributed by atoms with van der Waals surface area (Å²) in [6.45, 7) is 4.52. The molecule has 0 aliphatic carbocycles. The molecule has 2 nitrogen and oxygen atoms in total. The minimum Gasteiger partial charge on any atom is -0.151 e. The van der Waals surface area contributed by atoms with Crippen molar-refractivity contribution in [3.8, 4) is 0 Å². The van der Waals surface area contributed by atoms with Crippen molar-refractivity contribution in [1.29, 1.82) is 0 Å². The van der Waals surface area contributed by atoms with E-state index in [9.17, 15) is 0 Å². The lowest BCUT2D eigenvalue weighted by Crippen LogP contribution is -1.85. The van der Waals surface area contributed by atoms with Crippen LogP contribution in [0.2, 0.25) is 0 Å². The highest BCUT2D eigenvalue weighted by atomic mass is 15.1. The molecular formula is C26H38N2. The zero-order chi connectivity index (χ0) is 19.9. The largest absolute Gasteiger partial charge is 0.151 e. The first-order chi connectivity index (χ1) is 13.8. The van der Waals surface area contributed by atoms with Crippen LogP contribution in [0.5, 0.6) is 0 Å². The van der Waals surface area contributed by atoms with Crippen LogP contribution in [0.1, 0.15) is 89.2 Å². The Morgan fingerprint density at radius 2 is 0.821 bits per heavy atom. The molecule has 0 saturated carbocycles. The summed E-state index contributed by atoms with van der Waals surface area (Å²) in [4.78, 5) is 0. The molecule has 0 unspecified atom stereocenters. The number of unbranched alkanes of at least 4 members (excludes halogenated alkanes) is 8. The number of nitrogens with zero attached hydrogens (tertiary/aromatic N) is 2. The van der Waals surface area contributed by atoms with Crippen LogP contribution in [0.4, 0.5) is 11.4 Å². The molecule has 0 heterocycles. The normalized spacial score (nSPS) is 11.4. The highest BCUT2D eigenvalue weighted by Crippen LogP contribution is 2.21. The van der Waals surface area contributed by atoms with Crippen molar-refractivity contribution >= 4 is 11.4 Å². The average Bonchev–Trinajstić information content (AvgIpc) is 2.74. The SMILES string of the molecule is CCCCCCCc1ccc(N=Nc2ccc(CCCCCCC)cc2)cc1. The van der Waals surface area contributed by atoms with E-state index in [-0.39, 0.29) is 0 Å². The van der Waals surface area contributed by atoms with Crippen molar-refractivity contribution in [2.45, 2.75) is 90.9 Å². The lowest BCUT2D eigenvalue weighted by atomic mass is 10.1. The van der Waals surface area contributed by atoms with Crippen molar-refractivity contribution in [2.75, 3.05) is 0 Å². The lowest BCUT2D eigenvalue weighted by Gasteiger charge is -2.03. The van der Waals surface area contributed by atoms with Gasteiger partial charge in [0.1, 0.15) is 0 Å². The summed E-state index contributed by atoms with van der Waals surface area (Å²) in [5.74, 6) is 0. The molecular weight excluding hydrogens is 340 g/mol. The third-order valence-corrected chi connectivity index (χ3v) is 5.29. The fourth-order valence-corrected chi connectivity index (χ4v) is 3.44. The van der Waals surface area contributed by atoms with Gasteiger partial charge in [-0.1, -0.05) is 89.5 Å². The van der Waals surface area contributed by atoms with Crippen LogP contribution in [0.15, 0.2) is 58.8 Å². The molecule has 0 aliphatic rings. The minimum atomic E-state index is 0.926. The molecule has 0 N–H and O–H groups in total. The summed E-state index contributed by atoms with van der Waals surface area (Å²) in [6.07, 6.45) is 15.6. The zero-order valence-corrected chi connectivity index (χ0v) is 18.0. The van der Waals surface area contributed by atoms with Gasteiger partial charge in [-0.25, -0.2) is 0 Å². The second kappa shape index (κ2) is 14.1. The van der Waals surface area contributed by atoms with Gasteiger partial charge in [0.2, 0.25) is 0 Å². The molecule has 0 bridgehead atoms. The summed E-state index contributed by atoms with van der Waals surface area (Å²) in [5, 5.41) is 8.78. The number of aryl methyl sites for hydroxylation is 2. The molecule has 152 valence electrons. The quantitative estimate of drug-likeness (QED) is 0.231. The Morgan fingerprint density at radius 3 is 1.18 bits per heavy atom. The molecule has 0 spiro atoms. The monoisotopic (exact) mass is 378 g/mol. The number of rotatable bonds is 14. The molecule has 0 radical (unpaired) electrons. The third kappa shape index (κ3) is 9.30. The number of hydrogen-bond donors (Lipinski definition) is 0. The van der Waals surface area contributed by atoms with Crippen molar-refractivity contribution in [1.82, 2.24) is 0 Å². The number of azo groups is 1. The molecule has 0 aromatic heterocycles. The van der Waals surface area contributed by atoms with E-state index < -0.39 is 0 Å². The first-order valence-electron chi connectivity index (χ1n) is 11.4. The summed E-state index contributed by atoms with van der Waals surface area (Å²) in [6, 6.07) is 17.1. The van der Waals surface area contributed by atoms with Crippen molar-refractivity contribution in [3.05, 3.63) is 59.7 Å². The van der Waals surface area contributed by atoms with Crippen LogP contribution in [0, 0.1) is 0 Å². The molecule has 0 saturated heterocycles. The molecule has 28 heavy (non-hydrogen) atoms. The summed E-state index contributed by atoms with van der Waals surface area (Å²) < 4.78 is 0. The van der Waals surface area contributed by atoms with E-state index in [1.54, 1.807) is 0 Å². The predicted octanol–water partition coefficient (Wildman–Crippen LogP) is 9.13. The van der Waals surface area contributed by atoms with E-state index in [1.165, 1.54) is 88.2 Å². The lowest BCUT2D eigenvalue weighted by molar-refractivity contribution is 0.632. The maximum Gasteiger partial charge on any atom is 0.0857 e. The maximum absolute atomic E-state index is 4.39. The maximum atomic E-state index is 4.39. The average molecular weight is 379 g/mol. The Bertz CT molecular complexity index is 596. The van der Waals surface area contributed by atoms with E-state index in [2.05, 4.69) is 72.6 Å². The Hall–Kier alpha value is -1.96. The molecule has 2 aromatic carbocycles. The van der Waals surface area contributed by atoms with E-state index in [0.717, 1.165) is 11.4 Å². The van der Waals surface area contributed by atoms with Gasteiger partial charge in [0.25, 0.3) is 0 Å². The first kappa shape index (κ1) is 22.3. The third-order valence-electron chi connectivity index (χ3n) is 5.29. The molecule has 0 atom stereocenters. The predicted molar refractivity (Wildman–Crippen MR) is 122 cm³/mol. The highest BCUT2D eigenvalue weighted by Gasteiger charge is 1.97. The second-order valence-electron chi connectivity index (χ2n) is 7.86. The van der Waals surface area contributed by atoms with Crippen LogP contribution in [0.25, 0.3) is 0 Å². The van der Waals surface area contributed by atoms with Crippen LogP contribution >= 0.6 is 0 Å². The molecule has 2 heteroatoms. The van der Waals surface area contributed by atoms with Gasteiger partial charge in [0.05, 0.1) is 11.4 Å². The molecule has 0 amide bonds. The van der Waals surface area contributed by atoms with E-state index in [1.807, 2.05) is 0 Å². The standard InChI is InChI=1S/C26H38N2/c1-3-5-7-9-11-13-23-15-19-25(20-16-23)27-28-26-21-17-24(18-22-26)14-12-10-8-6-4-2/h15-22H,3-14H2,1-2H3. The van der Waals surface area contributed by atoms with Gasteiger partial charge in [-0.05, 0) is 61.1 Å². The van der Waals surface area contributed by atoms with Gasteiger partial charge in [0.15, 0.2) is 0 Å². The first-order valence-corrected chi connectivity index (χ1v) is 11.4. The molecule has 2 rings (SSSR count). The summed E-state index contributed by atoms with van der Waals surface area (Å²) in [5.41, 5.74) is 4.65. The Kier molecular flexibility index (Phi) is 11.2. The number of benzene rings is 2. The summed E-state index contributed by atoms with van der Waals surface area (Å²) in [7, 11) is 0. The van der Waals surface area contributed by atoms with Gasteiger partial charge in [-0.3, -0.25) is 0 Å². The Morgan fingerprint density at radius 1 is 0.464 bits per heavy atom. The Balaban J connectivity index is 1.73. The van der Waals surface area contributed by atoms with Gasteiger partial charge >= 0.3 is 0 Å². The van der Waals surface area contributed by atoms with Crippen LogP contribution in [-0.4, -0.2) is 0 Å². The fraction of sp³-hybridized carbons (Fsp3) is 0.538.